The summed E-state index contributed by atoms with van der Waals surface area (Å²) >= 11 is 5.81. The number of aromatic nitrogens is 1. The van der Waals surface area contributed by atoms with Gasteiger partial charge in [-0.3, -0.25) is 4.98 Å². The molecule has 0 aliphatic carbocycles. The predicted molar refractivity (Wildman–Crippen MR) is 133 cm³/mol. The number of pyridine rings is 1. The molecule has 3 heterocycles. The first-order valence-electron chi connectivity index (χ1n) is 10.9. The predicted octanol–water partition coefficient (Wildman–Crippen LogP) is 6.64. The standard InChI is InChI=1S/C27H25N3OS/c1-18(2)19-11-13-21(14-12-19)30-26(25(29-27(30)32)22-10-6-7-17-28-22)24-16-15-23(31-24)20-8-4-3-5-9-20/h3-18,25-26H,1-2H3,(H,29,32)/t25-,26-/m1/s1. The maximum absolute atomic E-state index is 6.40. The summed E-state index contributed by atoms with van der Waals surface area (Å²) in [6.45, 7) is 4.40. The van der Waals surface area contributed by atoms with E-state index in [9.17, 15) is 0 Å². The Morgan fingerprint density at radius 1 is 0.906 bits per heavy atom. The summed E-state index contributed by atoms with van der Waals surface area (Å²) in [6, 6.07) is 28.5. The van der Waals surface area contributed by atoms with Gasteiger partial charge in [0.1, 0.15) is 17.6 Å². The number of nitrogens with one attached hydrogen (secondary N) is 1. The number of hydrogen-bond acceptors (Lipinski definition) is 3. The zero-order valence-electron chi connectivity index (χ0n) is 18.1. The van der Waals surface area contributed by atoms with Gasteiger partial charge in [0.25, 0.3) is 0 Å². The third-order valence-corrected chi connectivity index (χ3v) is 6.23. The van der Waals surface area contributed by atoms with E-state index in [1.165, 1.54) is 5.56 Å². The molecule has 0 saturated carbocycles. The van der Waals surface area contributed by atoms with Crippen LogP contribution in [0.15, 0.2) is 95.5 Å². The van der Waals surface area contributed by atoms with E-state index < -0.39 is 0 Å². The number of anilines is 1. The molecule has 32 heavy (non-hydrogen) atoms. The molecule has 0 radical (unpaired) electrons. The van der Waals surface area contributed by atoms with E-state index in [-0.39, 0.29) is 12.1 Å². The van der Waals surface area contributed by atoms with E-state index in [2.05, 4.69) is 65.4 Å². The van der Waals surface area contributed by atoms with Gasteiger partial charge in [0, 0.05) is 17.4 Å². The van der Waals surface area contributed by atoms with Crippen LogP contribution in [0, 0.1) is 0 Å². The van der Waals surface area contributed by atoms with E-state index in [0.29, 0.717) is 11.0 Å². The monoisotopic (exact) mass is 439 g/mol. The number of thiocarbonyl (C=S) groups is 1. The average Bonchev–Trinajstić information content (AvgIpc) is 3.45. The van der Waals surface area contributed by atoms with Gasteiger partial charge in [-0.15, -0.1) is 0 Å². The minimum Gasteiger partial charge on any atom is -0.459 e. The molecule has 0 unspecified atom stereocenters. The van der Waals surface area contributed by atoms with Crippen LogP contribution in [0.5, 0.6) is 0 Å². The van der Waals surface area contributed by atoms with Crippen LogP contribution < -0.4 is 10.2 Å². The number of nitrogens with zero attached hydrogens (tertiary/aromatic N) is 2. The quantitative estimate of drug-likeness (QED) is 0.353. The van der Waals surface area contributed by atoms with E-state index >= 15 is 0 Å². The van der Waals surface area contributed by atoms with Crippen molar-refractivity contribution in [2.24, 2.45) is 0 Å². The Kier molecular flexibility index (Phi) is 5.50. The van der Waals surface area contributed by atoms with Crippen LogP contribution in [-0.2, 0) is 0 Å². The highest BCUT2D eigenvalue weighted by Crippen LogP contribution is 2.43. The van der Waals surface area contributed by atoms with Gasteiger partial charge in [0.15, 0.2) is 5.11 Å². The molecular formula is C27H25N3OS. The Morgan fingerprint density at radius 3 is 2.34 bits per heavy atom. The third kappa shape index (κ3) is 3.80. The van der Waals surface area contributed by atoms with Gasteiger partial charge in [-0.2, -0.15) is 0 Å². The molecule has 2 atom stereocenters. The lowest BCUT2D eigenvalue weighted by molar-refractivity contribution is 0.439. The third-order valence-electron chi connectivity index (χ3n) is 5.91. The molecule has 1 fully saturated rings. The van der Waals surface area contributed by atoms with Gasteiger partial charge < -0.3 is 14.6 Å². The molecule has 4 nitrogen and oxygen atoms in total. The molecule has 2 aromatic carbocycles. The van der Waals surface area contributed by atoms with Crippen molar-refractivity contribution in [3.8, 4) is 11.3 Å². The Morgan fingerprint density at radius 2 is 1.66 bits per heavy atom. The van der Waals surface area contributed by atoms with Gasteiger partial charge in [0.05, 0.1) is 11.7 Å². The van der Waals surface area contributed by atoms with Gasteiger partial charge in [-0.25, -0.2) is 0 Å². The molecule has 0 bridgehead atoms. The van der Waals surface area contributed by atoms with Crippen LogP contribution in [-0.4, -0.2) is 10.1 Å². The molecule has 1 saturated heterocycles. The Labute approximate surface area is 193 Å². The summed E-state index contributed by atoms with van der Waals surface area (Å²) < 4.78 is 6.40. The molecule has 0 spiro atoms. The summed E-state index contributed by atoms with van der Waals surface area (Å²) in [5.41, 5.74) is 4.32. The number of rotatable bonds is 5. The maximum atomic E-state index is 6.40. The van der Waals surface area contributed by atoms with Crippen LogP contribution in [0.2, 0.25) is 0 Å². The smallest absolute Gasteiger partial charge is 0.174 e. The van der Waals surface area contributed by atoms with Gasteiger partial charge in [0.2, 0.25) is 0 Å². The highest BCUT2D eigenvalue weighted by atomic mass is 32.1. The van der Waals surface area contributed by atoms with Crippen LogP contribution in [0.4, 0.5) is 5.69 Å². The highest BCUT2D eigenvalue weighted by molar-refractivity contribution is 7.80. The normalized spacial score (nSPS) is 18.2. The molecule has 5 heteroatoms. The molecule has 1 aliphatic heterocycles. The maximum Gasteiger partial charge on any atom is 0.174 e. The van der Waals surface area contributed by atoms with Crippen LogP contribution >= 0.6 is 12.2 Å². The van der Waals surface area contributed by atoms with Gasteiger partial charge in [-0.05, 0) is 60.1 Å². The van der Waals surface area contributed by atoms with Crippen molar-refractivity contribution in [2.45, 2.75) is 31.8 Å². The zero-order chi connectivity index (χ0) is 22.1. The lowest BCUT2D eigenvalue weighted by Gasteiger charge is -2.26. The van der Waals surface area contributed by atoms with Crippen molar-refractivity contribution in [3.63, 3.8) is 0 Å². The lowest BCUT2D eigenvalue weighted by Crippen LogP contribution is -2.29. The highest BCUT2D eigenvalue weighted by Gasteiger charge is 2.42. The zero-order valence-corrected chi connectivity index (χ0v) is 18.9. The fraction of sp³-hybridized carbons (Fsp3) is 0.185. The van der Waals surface area contributed by atoms with Crippen molar-refractivity contribution in [1.82, 2.24) is 10.3 Å². The van der Waals surface area contributed by atoms with E-state index in [4.69, 9.17) is 16.6 Å². The first kappa shape index (κ1) is 20.5. The van der Waals surface area contributed by atoms with Crippen LogP contribution in [0.25, 0.3) is 11.3 Å². The minimum absolute atomic E-state index is 0.122. The number of furan rings is 1. The fourth-order valence-corrected chi connectivity index (χ4v) is 4.56. The minimum atomic E-state index is -0.153. The lowest BCUT2D eigenvalue weighted by atomic mass is 10.0. The summed E-state index contributed by atoms with van der Waals surface area (Å²) in [4.78, 5) is 6.76. The number of hydrogen-bond donors (Lipinski definition) is 1. The average molecular weight is 440 g/mol. The Bertz CT molecular complexity index is 1200. The number of benzene rings is 2. The van der Waals surface area contributed by atoms with Crippen molar-refractivity contribution in [1.29, 1.82) is 0 Å². The summed E-state index contributed by atoms with van der Waals surface area (Å²) in [6.07, 6.45) is 1.81. The van der Waals surface area contributed by atoms with E-state index in [1.54, 1.807) is 0 Å². The Balaban J connectivity index is 1.58. The van der Waals surface area contributed by atoms with Gasteiger partial charge >= 0.3 is 0 Å². The van der Waals surface area contributed by atoms with Crippen molar-refractivity contribution < 1.29 is 4.42 Å². The first-order valence-corrected chi connectivity index (χ1v) is 11.3. The van der Waals surface area contributed by atoms with Crippen LogP contribution in [0.1, 0.15) is 48.9 Å². The van der Waals surface area contributed by atoms with Crippen molar-refractivity contribution in [2.75, 3.05) is 4.90 Å². The molecule has 4 aromatic rings. The largest absolute Gasteiger partial charge is 0.459 e. The molecule has 160 valence electrons. The summed E-state index contributed by atoms with van der Waals surface area (Å²) in [5, 5.41) is 4.16. The second-order valence-corrected chi connectivity index (χ2v) is 8.70. The van der Waals surface area contributed by atoms with E-state index in [0.717, 1.165) is 28.5 Å². The molecule has 0 amide bonds. The molecule has 5 rings (SSSR count). The van der Waals surface area contributed by atoms with Gasteiger partial charge in [-0.1, -0.05) is 62.4 Å². The van der Waals surface area contributed by atoms with Crippen molar-refractivity contribution >= 4 is 23.0 Å². The summed E-state index contributed by atoms with van der Waals surface area (Å²) in [5.74, 6) is 2.16. The van der Waals surface area contributed by atoms with Crippen molar-refractivity contribution in [3.05, 3.63) is 108 Å². The second-order valence-electron chi connectivity index (χ2n) is 8.31. The molecular weight excluding hydrogens is 414 g/mol. The Hall–Kier alpha value is -3.44. The second kappa shape index (κ2) is 8.60. The summed E-state index contributed by atoms with van der Waals surface area (Å²) in [7, 11) is 0. The molecule has 2 aromatic heterocycles. The topological polar surface area (TPSA) is 41.3 Å². The first-order chi connectivity index (χ1) is 15.6. The molecule has 1 N–H and O–H groups in total. The van der Waals surface area contributed by atoms with Crippen LogP contribution in [0.3, 0.4) is 0 Å². The molecule has 1 aliphatic rings. The van der Waals surface area contributed by atoms with E-state index in [1.807, 2.05) is 54.7 Å². The fourth-order valence-electron chi connectivity index (χ4n) is 4.21. The SMILES string of the molecule is CC(C)c1ccc(N2C(=S)N[C@H](c3ccccn3)[C@H]2c2ccc(-c3ccccc3)o2)cc1.